The molecular formula is C30H60N2. The molecule has 0 saturated heterocycles. The Hall–Kier alpha value is -0.660. The van der Waals surface area contributed by atoms with Crippen molar-refractivity contribution in [1.82, 2.24) is 9.80 Å². The lowest BCUT2D eigenvalue weighted by molar-refractivity contribution is 0.136. The molecule has 1 aliphatic heterocycles. The van der Waals surface area contributed by atoms with Crippen molar-refractivity contribution in [3.8, 4) is 0 Å². The normalized spacial score (nSPS) is 15.9. The minimum atomic E-state index is 0.644. The summed E-state index contributed by atoms with van der Waals surface area (Å²) in [5.74, 6) is 0. The Morgan fingerprint density at radius 1 is 0.406 bits per heavy atom. The molecule has 0 bridgehead atoms. The largest absolute Gasteiger partial charge is 0.356 e. The first-order valence-electron chi connectivity index (χ1n) is 15.0. The second-order valence-corrected chi connectivity index (χ2v) is 10.4. The molecule has 0 fully saturated rings. The maximum atomic E-state index is 2.66. The Morgan fingerprint density at radius 2 is 0.750 bits per heavy atom. The van der Waals surface area contributed by atoms with E-state index >= 15 is 0 Å². The quantitative estimate of drug-likeness (QED) is 0.135. The van der Waals surface area contributed by atoms with Crippen molar-refractivity contribution in [1.29, 1.82) is 0 Å². The third-order valence-electron chi connectivity index (χ3n) is 7.32. The van der Waals surface area contributed by atoms with Gasteiger partial charge < -0.3 is 9.80 Å². The smallest absolute Gasteiger partial charge is 0.101 e. The van der Waals surface area contributed by atoms with Crippen molar-refractivity contribution in [2.45, 2.75) is 168 Å². The number of hydrogen-bond donors (Lipinski definition) is 0. The Balaban J connectivity index is 2.00. The van der Waals surface area contributed by atoms with E-state index in [1.54, 1.807) is 0 Å². The Morgan fingerprint density at radius 3 is 1.19 bits per heavy atom. The number of rotatable bonds is 24. The minimum Gasteiger partial charge on any atom is -0.356 e. The maximum absolute atomic E-state index is 2.66. The van der Waals surface area contributed by atoms with Gasteiger partial charge in [-0.2, -0.15) is 0 Å². The van der Waals surface area contributed by atoms with Crippen LogP contribution in [0.25, 0.3) is 0 Å². The molecule has 0 aliphatic carbocycles. The third kappa shape index (κ3) is 15.2. The summed E-state index contributed by atoms with van der Waals surface area (Å²) in [5.41, 5.74) is 0. The molecule has 2 heteroatoms. The van der Waals surface area contributed by atoms with E-state index in [9.17, 15) is 0 Å². The molecule has 1 rings (SSSR count). The van der Waals surface area contributed by atoms with Crippen molar-refractivity contribution < 1.29 is 0 Å². The Labute approximate surface area is 203 Å². The molecule has 0 N–H and O–H groups in total. The van der Waals surface area contributed by atoms with E-state index in [2.05, 4.69) is 43.0 Å². The van der Waals surface area contributed by atoms with E-state index < -0.39 is 0 Å². The highest BCUT2D eigenvalue weighted by molar-refractivity contribution is 4.96. The lowest BCUT2D eigenvalue weighted by Gasteiger charge is -2.33. The molecule has 1 unspecified atom stereocenters. The highest BCUT2D eigenvalue weighted by atomic mass is 15.4. The molecule has 0 aromatic carbocycles. The highest BCUT2D eigenvalue weighted by Crippen LogP contribution is 2.23. The lowest BCUT2D eigenvalue weighted by atomic mass is 10.0. The Bertz CT molecular complexity index is 406. The summed E-state index contributed by atoms with van der Waals surface area (Å²) in [6, 6.07) is 0. The molecule has 0 saturated carbocycles. The van der Waals surface area contributed by atoms with Gasteiger partial charge in [0.2, 0.25) is 0 Å². The number of unbranched alkanes of at least 4 members (excludes halogenated alkanes) is 18. The van der Waals surface area contributed by atoms with E-state index in [4.69, 9.17) is 0 Å². The molecule has 1 atom stereocenters. The third-order valence-corrected chi connectivity index (χ3v) is 7.32. The van der Waals surface area contributed by atoms with Gasteiger partial charge in [0.25, 0.3) is 0 Å². The minimum absolute atomic E-state index is 0.644. The molecule has 0 amide bonds. The van der Waals surface area contributed by atoms with Crippen LogP contribution in [0.4, 0.5) is 0 Å². The first kappa shape index (κ1) is 29.4. The van der Waals surface area contributed by atoms with Crippen LogP contribution in [0.15, 0.2) is 12.4 Å². The fourth-order valence-corrected chi connectivity index (χ4v) is 5.10. The summed E-state index contributed by atoms with van der Waals surface area (Å²) >= 11 is 0. The van der Waals surface area contributed by atoms with E-state index in [0.717, 1.165) is 0 Å². The highest BCUT2D eigenvalue weighted by Gasteiger charge is 2.24. The van der Waals surface area contributed by atoms with Crippen LogP contribution >= 0.6 is 0 Å². The van der Waals surface area contributed by atoms with Gasteiger partial charge >= 0.3 is 0 Å². The summed E-state index contributed by atoms with van der Waals surface area (Å²) < 4.78 is 0. The van der Waals surface area contributed by atoms with Crippen molar-refractivity contribution in [2.75, 3.05) is 13.1 Å². The first-order valence-corrected chi connectivity index (χ1v) is 15.0. The SMILES string of the molecule is CCCCCCCCCCCCCCCCCN1C=CN(CCCC)C1CCCCCC. The van der Waals surface area contributed by atoms with E-state index in [1.807, 2.05) is 0 Å². The fourth-order valence-electron chi connectivity index (χ4n) is 5.10. The summed E-state index contributed by atoms with van der Waals surface area (Å²) in [6.45, 7) is 9.42. The molecule has 2 nitrogen and oxygen atoms in total. The van der Waals surface area contributed by atoms with Gasteiger partial charge in [0.15, 0.2) is 0 Å². The van der Waals surface area contributed by atoms with Gasteiger partial charge in [-0.3, -0.25) is 0 Å². The fraction of sp³-hybridized carbons (Fsp3) is 0.933. The van der Waals surface area contributed by atoms with Crippen LogP contribution < -0.4 is 0 Å². The van der Waals surface area contributed by atoms with Crippen LogP contribution in [0.5, 0.6) is 0 Å². The molecule has 0 aromatic rings. The topological polar surface area (TPSA) is 6.48 Å². The van der Waals surface area contributed by atoms with Crippen LogP contribution in [0.3, 0.4) is 0 Å². The van der Waals surface area contributed by atoms with Crippen LogP contribution in [0, 0.1) is 0 Å². The summed E-state index contributed by atoms with van der Waals surface area (Å²) in [6.07, 6.45) is 36.6. The van der Waals surface area contributed by atoms with Gasteiger partial charge in [0, 0.05) is 25.5 Å². The second kappa shape index (κ2) is 22.1. The lowest BCUT2D eigenvalue weighted by Crippen LogP contribution is -2.39. The zero-order chi connectivity index (χ0) is 23.1. The van der Waals surface area contributed by atoms with E-state index in [-0.39, 0.29) is 0 Å². The van der Waals surface area contributed by atoms with Crippen molar-refractivity contribution in [3.63, 3.8) is 0 Å². The molecule has 190 valence electrons. The van der Waals surface area contributed by atoms with Gasteiger partial charge in [-0.1, -0.05) is 136 Å². The summed E-state index contributed by atoms with van der Waals surface area (Å²) in [5, 5.41) is 0. The second-order valence-electron chi connectivity index (χ2n) is 10.4. The Kier molecular flexibility index (Phi) is 20.3. The predicted molar refractivity (Wildman–Crippen MR) is 145 cm³/mol. The van der Waals surface area contributed by atoms with Gasteiger partial charge in [-0.25, -0.2) is 0 Å². The standard InChI is InChI=1S/C30H60N2/c1-4-7-10-12-13-14-15-16-17-18-19-20-21-22-24-27-32-29-28-31(26-9-6-3)30(32)25-23-11-8-5-2/h28-30H,4-27H2,1-3H3. The van der Waals surface area contributed by atoms with Gasteiger partial charge in [-0.05, 0) is 25.7 Å². The molecule has 1 heterocycles. The summed E-state index contributed by atoms with van der Waals surface area (Å²) in [4.78, 5) is 5.28. The number of hydrogen-bond acceptors (Lipinski definition) is 2. The van der Waals surface area contributed by atoms with Gasteiger partial charge in [0.05, 0.1) is 0 Å². The average molecular weight is 449 g/mol. The van der Waals surface area contributed by atoms with Gasteiger partial charge in [0.1, 0.15) is 6.17 Å². The zero-order valence-electron chi connectivity index (χ0n) is 22.6. The monoisotopic (exact) mass is 448 g/mol. The molecule has 32 heavy (non-hydrogen) atoms. The van der Waals surface area contributed by atoms with Crippen LogP contribution in [0.1, 0.15) is 162 Å². The average Bonchev–Trinajstić information content (AvgIpc) is 3.19. The molecule has 0 radical (unpaired) electrons. The maximum Gasteiger partial charge on any atom is 0.101 e. The van der Waals surface area contributed by atoms with Crippen molar-refractivity contribution in [3.05, 3.63) is 12.4 Å². The van der Waals surface area contributed by atoms with Crippen LogP contribution in [-0.2, 0) is 0 Å². The first-order chi connectivity index (χ1) is 15.8. The number of nitrogens with zero attached hydrogens (tertiary/aromatic N) is 2. The summed E-state index contributed by atoms with van der Waals surface area (Å²) in [7, 11) is 0. The van der Waals surface area contributed by atoms with Crippen LogP contribution in [-0.4, -0.2) is 29.1 Å². The zero-order valence-corrected chi connectivity index (χ0v) is 22.6. The molecule has 0 aromatic heterocycles. The van der Waals surface area contributed by atoms with Crippen molar-refractivity contribution in [2.24, 2.45) is 0 Å². The molecular weight excluding hydrogens is 388 g/mol. The predicted octanol–water partition coefficient (Wildman–Crippen LogP) is 10.0. The van der Waals surface area contributed by atoms with Crippen LogP contribution in [0.2, 0.25) is 0 Å². The molecule has 1 aliphatic rings. The van der Waals surface area contributed by atoms with Gasteiger partial charge in [-0.15, -0.1) is 0 Å². The van der Waals surface area contributed by atoms with Crippen molar-refractivity contribution >= 4 is 0 Å². The molecule has 0 spiro atoms. The van der Waals surface area contributed by atoms with E-state index in [1.165, 1.54) is 154 Å². The van der Waals surface area contributed by atoms with E-state index in [0.29, 0.717) is 6.17 Å².